The number of ether oxygens (including phenoxy) is 1. The molecule has 0 spiro atoms. The number of rotatable bonds is 11. The molecule has 8 heteroatoms. The van der Waals surface area contributed by atoms with Gasteiger partial charge >= 0.3 is 5.97 Å². The first kappa shape index (κ1) is 25.5. The van der Waals surface area contributed by atoms with Crippen LogP contribution in [0.1, 0.15) is 72.7 Å². The van der Waals surface area contributed by atoms with Crippen LogP contribution in [0, 0.1) is 12.8 Å². The van der Waals surface area contributed by atoms with E-state index in [2.05, 4.69) is 17.2 Å². The van der Waals surface area contributed by atoms with E-state index in [1.807, 2.05) is 19.9 Å². The van der Waals surface area contributed by atoms with Crippen LogP contribution in [0.2, 0.25) is 0 Å². The third kappa shape index (κ3) is 6.63. The SMILES string of the molecule is CCCCCN(C(=O)C(NC(=O)c1ccccc1)C(C)C)c1nc(C)c(C(=O)OCC)s1. The number of amides is 2. The molecule has 1 aromatic carbocycles. The molecule has 1 aromatic heterocycles. The van der Waals surface area contributed by atoms with Crippen LogP contribution in [-0.4, -0.2) is 42.0 Å². The van der Waals surface area contributed by atoms with Gasteiger partial charge in [-0.2, -0.15) is 0 Å². The van der Waals surface area contributed by atoms with Crippen LogP contribution in [0.3, 0.4) is 0 Å². The summed E-state index contributed by atoms with van der Waals surface area (Å²) in [4.78, 5) is 45.1. The van der Waals surface area contributed by atoms with Crippen LogP contribution in [-0.2, 0) is 9.53 Å². The number of esters is 1. The zero-order chi connectivity index (χ0) is 23.7. The van der Waals surface area contributed by atoms with E-state index in [9.17, 15) is 14.4 Å². The fourth-order valence-corrected chi connectivity index (χ4v) is 4.19. The van der Waals surface area contributed by atoms with Gasteiger partial charge in [-0.05, 0) is 38.3 Å². The third-order valence-electron chi connectivity index (χ3n) is 4.98. The predicted molar refractivity (Wildman–Crippen MR) is 127 cm³/mol. The molecule has 0 aliphatic carbocycles. The van der Waals surface area contributed by atoms with Crippen molar-refractivity contribution >= 4 is 34.3 Å². The number of carbonyl (C=O) groups excluding carboxylic acids is 3. The van der Waals surface area contributed by atoms with Crippen LogP contribution < -0.4 is 10.2 Å². The van der Waals surface area contributed by atoms with E-state index in [0.717, 1.165) is 30.6 Å². The molecule has 2 amide bonds. The van der Waals surface area contributed by atoms with E-state index in [1.165, 1.54) is 0 Å². The lowest BCUT2D eigenvalue weighted by Gasteiger charge is -2.28. The molecule has 0 saturated heterocycles. The molecule has 0 bridgehead atoms. The van der Waals surface area contributed by atoms with Gasteiger partial charge in [0.15, 0.2) is 5.13 Å². The summed E-state index contributed by atoms with van der Waals surface area (Å²) in [6, 6.07) is 8.11. The van der Waals surface area contributed by atoms with E-state index in [4.69, 9.17) is 4.74 Å². The molecule has 174 valence electrons. The number of nitrogens with zero attached hydrogens (tertiary/aromatic N) is 2. The van der Waals surface area contributed by atoms with Gasteiger partial charge in [-0.15, -0.1) is 0 Å². The molecule has 0 saturated carbocycles. The van der Waals surface area contributed by atoms with Crippen LogP contribution in [0.25, 0.3) is 0 Å². The number of aryl methyl sites for hydroxylation is 1. The normalized spacial score (nSPS) is 11.8. The molecule has 1 unspecified atom stereocenters. The van der Waals surface area contributed by atoms with Crippen molar-refractivity contribution in [3.63, 3.8) is 0 Å². The molecule has 2 aromatic rings. The molecule has 32 heavy (non-hydrogen) atoms. The van der Waals surface area contributed by atoms with Gasteiger partial charge in [-0.25, -0.2) is 9.78 Å². The minimum absolute atomic E-state index is 0.130. The van der Waals surface area contributed by atoms with E-state index in [1.54, 1.807) is 43.0 Å². The number of hydrogen-bond donors (Lipinski definition) is 1. The number of carbonyl (C=O) groups is 3. The summed E-state index contributed by atoms with van der Waals surface area (Å²) >= 11 is 1.15. The minimum atomic E-state index is -0.723. The monoisotopic (exact) mass is 459 g/mol. The van der Waals surface area contributed by atoms with Gasteiger partial charge in [0, 0.05) is 12.1 Å². The van der Waals surface area contributed by atoms with Crippen molar-refractivity contribution in [1.29, 1.82) is 0 Å². The van der Waals surface area contributed by atoms with E-state index >= 15 is 0 Å². The number of thiazole rings is 1. The van der Waals surface area contributed by atoms with Crippen molar-refractivity contribution in [3.05, 3.63) is 46.5 Å². The molecule has 0 radical (unpaired) electrons. The van der Waals surface area contributed by atoms with Crippen molar-refractivity contribution in [1.82, 2.24) is 10.3 Å². The van der Waals surface area contributed by atoms with Gasteiger partial charge in [-0.3, -0.25) is 14.5 Å². The molecule has 2 rings (SSSR count). The summed E-state index contributed by atoms with van der Waals surface area (Å²) in [5.41, 5.74) is 1.03. The fourth-order valence-electron chi connectivity index (χ4n) is 3.20. The van der Waals surface area contributed by atoms with E-state index in [0.29, 0.717) is 27.8 Å². The average molecular weight is 460 g/mol. The number of hydrogen-bond acceptors (Lipinski definition) is 6. The Hall–Kier alpha value is -2.74. The zero-order valence-corrected chi connectivity index (χ0v) is 20.3. The maximum Gasteiger partial charge on any atom is 0.350 e. The second-order valence-electron chi connectivity index (χ2n) is 7.89. The molecule has 7 nitrogen and oxygen atoms in total. The Balaban J connectivity index is 2.32. The molecular formula is C24H33N3O4S. The molecule has 0 aliphatic rings. The maximum atomic E-state index is 13.6. The Morgan fingerprint density at radius 3 is 2.41 bits per heavy atom. The summed E-state index contributed by atoms with van der Waals surface area (Å²) in [5.74, 6) is -1.10. The number of aromatic nitrogens is 1. The van der Waals surface area contributed by atoms with Crippen molar-refractivity contribution in [2.45, 2.75) is 59.9 Å². The van der Waals surface area contributed by atoms with Crippen molar-refractivity contribution < 1.29 is 19.1 Å². The van der Waals surface area contributed by atoms with Crippen molar-refractivity contribution in [2.75, 3.05) is 18.1 Å². The van der Waals surface area contributed by atoms with Gasteiger partial charge in [0.2, 0.25) is 0 Å². The number of nitrogens with one attached hydrogen (secondary N) is 1. The lowest BCUT2D eigenvalue weighted by Crippen LogP contribution is -2.51. The van der Waals surface area contributed by atoms with E-state index in [-0.39, 0.29) is 24.3 Å². The first-order valence-electron chi connectivity index (χ1n) is 11.1. The highest BCUT2D eigenvalue weighted by molar-refractivity contribution is 7.17. The highest BCUT2D eigenvalue weighted by Gasteiger charge is 2.32. The van der Waals surface area contributed by atoms with Gasteiger partial charge in [0.05, 0.1) is 12.3 Å². The molecular weight excluding hydrogens is 426 g/mol. The van der Waals surface area contributed by atoms with Gasteiger partial charge in [0.25, 0.3) is 11.8 Å². The standard InChI is InChI=1S/C24H33N3O4S/c1-6-8-12-15-27(24-25-17(5)20(32-24)23(30)31-7-2)22(29)19(16(3)4)26-21(28)18-13-10-9-11-14-18/h9-11,13-14,16,19H,6-8,12,15H2,1-5H3,(H,26,28). The number of anilines is 1. The van der Waals surface area contributed by atoms with Gasteiger partial charge in [0.1, 0.15) is 10.9 Å². The third-order valence-corrected chi connectivity index (χ3v) is 6.14. The zero-order valence-electron chi connectivity index (χ0n) is 19.5. The Morgan fingerprint density at radius 1 is 1.12 bits per heavy atom. The lowest BCUT2D eigenvalue weighted by molar-refractivity contribution is -0.121. The van der Waals surface area contributed by atoms with Crippen LogP contribution in [0.5, 0.6) is 0 Å². The van der Waals surface area contributed by atoms with Crippen LogP contribution >= 0.6 is 11.3 Å². The summed E-state index contributed by atoms with van der Waals surface area (Å²) in [6.07, 6.45) is 2.76. The Labute approximate surface area is 194 Å². The summed E-state index contributed by atoms with van der Waals surface area (Å²) in [5, 5.41) is 3.34. The van der Waals surface area contributed by atoms with Crippen LogP contribution in [0.4, 0.5) is 5.13 Å². The van der Waals surface area contributed by atoms with Crippen molar-refractivity contribution in [2.24, 2.45) is 5.92 Å². The summed E-state index contributed by atoms with van der Waals surface area (Å²) in [7, 11) is 0. The fraction of sp³-hybridized carbons (Fsp3) is 0.500. The smallest absolute Gasteiger partial charge is 0.350 e. The van der Waals surface area contributed by atoms with Gasteiger partial charge < -0.3 is 10.1 Å². The second kappa shape index (κ2) is 12.3. The maximum absolute atomic E-state index is 13.6. The second-order valence-corrected chi connectivity index (χ2v) is 8.87. The summed E-state index contributed by atoms with van der Waals surface area (Å²) in [6.45, 7) is 10.1. The van der Waals surface area contributed by atoms with Crippen molar-refractivity contribution in [3.8, 4) is 0 Å². The molecule has 1 heterocycles. The molecule has 1 atom stereocenters. The Morgan fingerprint density at radius 2 is 1.81 bits per heavy atom. The highest BCUT2D eigenvalue weighted by atomic mass is 32.1. The number of benzene rings is 1. The Bertz CT molecular complexity index is 911. The Kier molecular flexibility index (Phi) is 9.84. The number of unbranched alkanes of at least 4 members (excludes halogenated alkanes) is 2. The van der Waals surface area contributed by atoms with E-state index < -0.39 is 12.0 Å². The topological polar surface area (TPSA) is 88.6 Å². The van der Waals surface area contributed by atoms with Gasteiger partial charge in [-0.1, -0.05) is 63.1 Å². The highest BCUT2D eigenvalue weighted by Crippen LogP contribution is 2.28. The minimum Gasteiger partial charge on any atom is -0.462 e. The predicted octanol–water partition coefficient (Wildman–Crippen LogP) is 4.61. The largest absolute Gasteiger partial charge is 0.462 e. The molecule has 0 aliphatic heterocycles. The average Bonchev–Trinajstić information content (AvgIpc) is 3.16. The lowest BCUT2D eigenvalue weighted by atomic mass is 10.0. The van der Waals surface area contributed by atoms with Crippen LogP contribution in [0.15, 0.2) is 30.3 Å². The molecule has 0 fully saturated rings. The quantitative estimate of drug-likeness (QED) is 0.392. The first-order chi connectivity index (χ1) is 15.3. The summed E-state index contributed by atoms with van der Waals surface area (Å²) < 4.78 is 5.12. The first-order valence-corrected chi connectivity index (χ1v) is 11.9. The molecule has 1 N–H and O–H groups in total.